The highest BCUT2D eigenvalue weighted by Gasteiger charge is 2.32. The molecule has 1 aliphatic rings. The summed E-state index contributed by atoms with van der Waals surface area (Å²) >= 11 is 0. The fourth-order valence-electron chi connectivity index (χ4n) is 4.36. The SMILES string of the molecule is Cc1ccc(NS(=O)(=O)c2ccc(N3CCN(C)CC3c3ccccc3)c([N+](=O)[O-])c2)c(C)c1. The van der Waals surface area contributed by atoms with Crippen molar-refractivity contribution >= 4 is 27.1 Å². The molecule has 8 nitrogen and oxygen atoms in total. The molecule has 1 saturated heterocycles. The summed E-state index contributed by atoms with van der Waals surface area (Å²) in [6.45, 7) is 5.77. The Hall–Kier alpha value is -3.43. The normalized spacial score (nSPS) is 16.9. The molecule has 0 amide bonds. The minimum absolute atomic E-state index is 0.0885. The lowest BCUT2D eigenvalue weighted by Crippen LogP contribution is -2.47. The number of sulfonamides is 1. The van der Waals surface area contributed by atoms with E-state index >= 15 is 0 Å². The van der Waals surface area contributed by atoms with Gasteiger partial charge in [-0.15, -0.1) is 0 Å². The molecule has 0 aliphatic carbocycles. The first kappa shape index (κ1) is 23.7. The highest BCUT2D eigenvalue weighted by atomic mass is 32.2. The van der Waals surface area contributed by atoms with Crippen molar-refractivity contribution in [2.75, 3.05) is 36.3 Å². The summed E-state index contributed by atoms with van der Waals surface area (Å²) in [6.07, 6.45) is 0. The molecule has 178 valence electrons. The van der Waals surface area contributed by atoms with Gasteiger partial charge >= 0.3 is 0 Å². The first-order chi connectivity index (χ1) is 16.2. The topological polar surface area (TPSA) is 95.8 Å². The number of nitro groups is 1. The monoisotopic (exact) mass is 480 g/mol. The standard InChI is InChI=1S/C25H28N4O4S/c1-18-9-11-22(19(2)15-18)26-34(32,33)21-10-12-23(24(16-21)29(30)31)28-14-13-27(3)17-25(28)20-7-5-4-6-8-20/h4-12,15-16,25-26H,13-14,17H2,1-3H3. The Morgan fingerprint density at radius 2 is 1.74 bits per heavy atom. The average molecular weight is 481 g/mol. The van der Waals surface area contributed by atoms with Crippen molar-refractivity contribution < 1.29 is 13.3 Å². The van der Waals surface area contributed by atoms with Gasteiger partial charge in [0.1, 0.15) is 5.69 Å². The maximum Gasteiger partial charge on any atom is 0.293 e. The summed E-state index contributed by atoms with van der Waals surface area (Å²) in [5.41, 5.74) is 3.47. The second kappa shape index (κ2) is 9.44. The molecule has 4 rings (SSSR count). The summed E-state index contributed by atoms with van der Waals surface area (Å²) < 4.78 is 28.7. The number of benzene rings is 3. The van der Waals surface area contributed by atoms with Crippen LogP contribution in [0, 0.1) is 24.0 Å². The van der Waals surface area contributed by atoms with E-state index in [1.807, 2.05) is 68.3 Å². The van der Waals surface area contributed by atoms with E-state index in [-0.39, 0.29) is 16.6 Å². The van der Waals surface area contributed by atoms with E-state index in [9.17, 15) is 18.5 Å². The summed E-state index contributed by atoms with van der Waals surface area (Å²) in [6, 6.07) is 19.3. The number of piperazine rings is 1. The van der Waals surface area contributed by atoms with Gasteiger partial charge in [0.25, 0.3) is 15.7 Å². The number of anilines is 2. The van der Waals surface area contributed by atoms with E-state index in [1.165, 1.54) is 6.07 Å². The van der Waals surface area contributed by atoms with Crippen LogP contribution in [-0.4, -0.2) is 44.9 Å². The van der Waals surface area contributed by atoms with Crippen LogP contribution in [0.25, 0.3) is 0 Å². The predicted molar refractivity (Wildman–Crippen MR) is 134 cm³/mol. The molecule has 1 atom stereocenters. The van der Waals surface area contributed by atoms with Crippen LogP contribution in [0.4, 0.5) is 17.1 Å². The molecule has 0 aromatic heterocycles. The number of likely N-dealkylation sites (N-methyl/N-ethyl adjacent to an activating group) is 1. The molecule has 34 heavy (non-hydrogen) atoms. The van der Waals surface area contributed by atoms with Crippen molar-refractivity contribution in [1.29, 1.82) is 0 Å². The zero-order valence-electron chi connectivity index (χ0n) is 19.4. The van der Waals surface area contributed by atoms with Gasteiger partial charge in [-0.3, -0.25) is 14.8 Å². The molecule has 0 spiro atoms. The van der Waals surface area contributed by atoms with Crippen molar-refractivity contribution in [3.63, 3.8) is 0 Å². The number of rotatable bonds is 6. The molecule has 9 heteroatoms. The molecule has 1 unspecified atom stereocenters. The van der Waals surface area contributed by atoms with Gasteiger partial charge in [0.05, 0.1) is 21.5 Å². The molecule has 1 aliphatic heterocycles. The van der Waals surface area contributed by atoms with Crippen LogP contribution in [0.2, 0.25) is 0 Å². The first-order valence-corrected chi connectivity index (χ1v) is 12.5. The summed E-state index contributed by atoms with van der Waals surface area (Å²) in [5.74, 6) is 0. The Labute approximate surface area is 200 Å². The second-order valence-electron chi connectivity index (χ2n) is 8.71. The van der Waals surface area contributed by atoms with Gasteiger partial charge in [-0.2, -0.15) is 0 Å². The van der Waals surface area contributed by atoms with Crippen molar-refractivity contribution in [2.24, 2.45) is 0 Å². The molecule has 3 aromatic rings. The Balaban J connectivity index is 1.72. The summed E-state index contributed by atoms with van der Waals surface area (Å²) in [7, 11) is -1.98. The van der Waals surface area contributed by atoms with E-state index in [0.29, 0.717) is 24.5 Å². The fraction of sp³-hybridized carbons (Fsp3) is 0.280. The number of nitro benzene ring substituents is 1. The Kier molecular flexibility index (Phi) is 6.58. The van der Waals surface area contributed by atoms with E-state index in [4.69, 9.17) is 0 Å². The van der Waals surface area contributed by atoms with Crippen molar-refractivity contribution in [3.8, 4) is 0 Å². The molecule has 3 aromatic carbocycles. The van der Waals surface area contributed by atoms with E-state index in [1.54, 1.807) is 12.1 Å². The predicted octanol–water partition coefficient (Wildman–Crippen LogP) is 4.51. The van der Waals surface area contributed by atoms with Gasteiger partial charge in [0, 0.05) is 25.7 Å². The number of nitrogens with one attached hydrogen (secondary N) is 1. The van der Waals surface area contributed by atoms with Gasteiger partial charge < -0.3 is 9.80 Å². The van der Waals surface area contributed by atoms with Gasteiger partial charge in [0.15, 0.2) is 0 Å². The number of aryl methyl sites for hydroxylation is 2. The molecule has 1 heterocycles. The summed E-state index contributed by atoms with van der Waals surface area (Å²) in [5, 5.41) is 12.1. The number of nitrogens with zero attached hydrogens (tertiary/aromatic N) is 3. The third-order valence-electron chi connectivity index (χ3n) is 6.16. The van der Waals surface area contributed by atoms with Crippen molar-refractivity contribution in [1.82, 2.24) is 4.90 Å². The lowest BCUT2D eigenvalue weighted by molar-refractivity contribution is -0.384. The fourth-order valence-corrected chi connectivity index (χ4v) is 5.51. The highest BCUT2D eigenvalue weighted by Crippen LogP contribution is 2.38. The van der Waals surface area contributed by atoms with Crippen LogP contribution in [0.1, 0.15) is 22.7 Å². The van der Waals surface area contributed by atoms with Crippen molar-refractivity contribution in [3.05, 3.63) is 93.5 Å². The van der Waals surface area contributed by atoms with Gasteiger partial charge in [0.2, 0.25) is 0 Å². The van der Waals surface area contributed by atoms with E-state index < -0.39 is 14.9 Å². The third-order valence-corrected chi connectivity index (χ3v) is 7.52. The highest BCUT2D eigenvalue weighted by molar-refractivity contribution is 7.92. The van der Waals surface area contributed by atoms with E-state index in [2.05, 4.69) is 9.62 Å². The lowest BCUT2D eigenvalue weighted by atomic mass is 10.0. The maximum atomic E-state index is 13.1. The molecule has 1 N–H and O–H groups in total. The Morgan fingerprint density at radius 3 is 2.41 bits per heavy atom. The van der Waals surface area contributed by atoms with Gasteiger partial charge in [-0.25, -0.2) is 8.42 Å². The maximum absolute atomic E-state index is 13.1. The van der Waals surface area contributed by atoms with Crippen LogP contribution in [-0.2, 0) is 10.0 Å². The molecule has 0 radical (unpaired) electrons. The Morgan fingerprint density at radius 1 is 1.00 bits per heavy atom. The van der Waals surface area contributed by atoms with Crippen LogP contribution in [0.5, 0.6) is 0 Å². The first-order valence-electron chi connectivity index (χ1n) is 11.0. The van der Waals surface area contributed by atoms with Crippen LogP contribution >= 0.6 is 0 Å². The molecule has 0 bridgehead atoms. The summed E-state index contributed by atoms with van der Waals surface area (Å²) in [4.78, 5) is 15.6. The lowest BCUT2D eigenvalue weighted by Gasteiger charge is -2.41. The minimum atomic E-state index is -4.01. The number of hydrogen-bond acceptors (Lipinski definition) is 6. The van der Waals surface area contributed by atoms with E-state index in [0.717, 1.165) is 29.3 Å². The average Bonchev–Trinajstić information content (AvgIpc) is 2.81. The van der Waals surface area contributed by atoms with Crippen molar-refractivity contribution in [2.45, 2.75) is 24.8 Å². The smallest absolute Gasteiger partial charge is 0.293 e. The van der Waals surface area contributed by atoms with Crippen LogP contribution in [0.15, 0.2) is 71.6 Å². The van der Waals surface area contributed by atoms with Crippen LogP contribution < -0.4 is 9.62 Å². The zero-order chi connectivity index (χ0) is 24.5. The molecule has 0 saturated carbocycles. The largest absolute Gasteiger partial charge is 0.356 e. The molecular formula is C25H28N4O4S. The zero-order valence-corrected chi connectivity index (χ0v) is 20.2. The van der Waals surface area contributed by atoms with Crippen LogP contribution in [0.3, 0.4) is 0 Å². The third kappa shape index (κ3) is 4.90. The molecular weight excluding hydrogens is 452 g/mol. The second-order valence-corrected chi connectivity index (χ2v) is 10.4. The van der Waals surface area contributed by atoms with Gasteiger partial charge in [-0.1, -0.05) is 48.0 Å². The minimum Gasteiger partial charge on any atom is -0.356 e. The Bertz CT molecular complexity index is 1310. The number of hydrogen-bond donors (Lipinski definition) is 1. The quantitative estimate of drug-likeness (QED) is 0.412. The van der Waals surface area contributed by atoms with Gasteiger partial charge in [-0.05, 0) is 50.2 Å². The molecule has 1 fully saturated rings.